The number of nitrogens with zero attached hydrogens (tertiary/aromatic N) is 4. The number of sulfonamides is 1. The van der Waals surface area contributed by atoms with E-state index in [4.69, 9.17) is 9.52 Å². The lowest BCUT2D eigenvalue weighted by molar-refractivity contribution is 0.0660. The van der Waals surface area contributed by atoms with E-state index in [9.17, 15) is 22.4 Å². The molecule has 0 saturated heterocycles. The summed E-state index contributed by atoms with van der Waals surface area (Å²) >= 11 is 0. The second-order valence-electron chi connectivity index (χ2n) is 8.41. The standard InChI is InChI=1S/C25H24FN5O6S/c1-30(11-9-17-5-2-3-8-22(17)26)24(32)18-6-4-7-21(13-18)38(35,36)27-14-20-16-31(29-28-20)15-19-10-12-37-23(19)25(33)34/h2-8,10,12-13,16,27H,9,11,14-15H2,1H3,(H,33,34). The summed E-state index contributed by atoms with van der Waals surface area (Å²) in [4.78, 5) is 25.3. The highest BCUT2D eigenvalue weighted by atomic mass is 32.2. The van der Waals surface area contributed by atoms with Gasteiger partial charge in [-0.05, 0) is 42.3 Å². The van der Waals surface area contributed by atoms with Gasteiger partial charge in [0.25, 0.3) is 5.91 Å². The number of hydrogen-bond acceptors (Lipinski definition) is 7. The first kappa shape index (κ1) is 26.7. The molecule has 0 aliphatic rings. The topological polar surface area (TPSA) is 148 Å². The number of benzene rings is 2. The van der Waals surface area contributed by atoms with Crippen molar-refractivity contribution in [2.45, 2.75) is 24.4 Å². The van der Waals surface area contributed by atoms with Gasteiger partial charge in [-0.1, -0.05) is 29.5 Å². The Morgan fingerprint density at radius 1 is 1.13 bits per heavy atom. The van der Waals surface area contributed by atoms with Crippen LogP contribution in [0.1, 0.15) is 37.7 Å². The van der Waals surface area contributed by atoms with Gasteiger partial charge in [-0.3, -0.25) is 4.79 Å². The average Bonchev–Trinajstić information content (AvgIpc) is 3.56. The van der Waals surface area contributed by atoms with Gasteiger partial charge in [-0.25, -0.2) is 27.0 Å². The number of likely N-dealkylation sites (N-methyl/N-ethyl adjacent to an activating group) is 1. The zero-order chi connectivity index (χ0) is 27.3. The number of carbonyl (C=O) groups excluding carboxylic acids is 1. The molecule has 0 bridgehead atoms. The maximum absolute atomic E-state index is 13.9. The van der Waals surface area contributed by atoms with Crippen LogP contribution in [0.2, 0.25) is 0 Å². The summed E-state index contributed by atoms with van der Waals surface area (Å²) in [6.45, 7) is 0.143. The Kier molecular flexibility index (Phi) is 7.98. The predicted molar refractivity (Wildman–Crippen MR) is 132 cm³/mol. The smallest absolute Gasteiger partial charge is 0.372 e. The summed E-state index contributed by atoms with van der Waals surface area (Å²) in [5, 5.41) is 16.9. The molecule has 0 saturated carbocycles. The number of amides is 1. The minimum atomic E-state index is -4.00. The van der Waals surface area contributed by atoms with E-state index in [2.05, 4.69) is 15.0 Å². The van der Waals surface area contributed by atoms with E-state index < -0.39 is 21.9 Å². The average molecular weight is 542 g/mol. The first-order chi connectivity index (χ1) is 18.1. The van der Waals surface area contributed by atoms with Crippen molar-refractivity contribution < 1.29 is 31.9 Å². The quantitative estimate of drug-likeness (QED) is 0.294. The van der Waals surface area contributed by atoms with Gasteiger partial charge in [-0.2, -0.15) is 0 Å². The number of nitrogens with one attached hydrogen (secondary N) is 1. The van der Waals surface area contributed by atoms with Crippen molar-refractivity contribution in [3.63, 3.8) is 0 Å². The second kappa shape index (κ2) is 11.4. The Morgan fingerprint density at radius 2 is 1.92 bits per heavy atom. The van der Waals surface area contributed by atoms with Gasteiger partial charge in [0.15, 0.2) is 0 Å². The number of aromatic nitrogens is 3. The van der Waals surface area contributed by atoms with Crippen LogP contribution in [0, 0.1) is 5.82 Å². The molecule has 11 nitrogen and oxygen atoms in total. The van der Waals surface area contributed by atoms with Crippen LogP contribution in [-0.4, -0.2) is 58.9 Å². The van der Waals surface area contributed by atoms with Crippen LogP contribution >= 0.6 is 0 Å². The number of hydrogen-bond donors (Lipinski definition) is 2. The van der Waals surface area contributed by atoms with E-state index >= 15 is 0 Å². The molecule has 0 radical (unpaired) electrons. The molecule has 0 spiro atoms. The Hall–Kier alpha value is -4.36. The van der Waals surface area contributed by atoms with E-state index in [1.54, 1.807) is 25.2 Å². The van der Waals surface area contributed by atoms with Gasteiger partial charge in [0.1, 0.15) is 5.82 Å². The normalized spacial score (nSPS) is 11.4. The Balaban J connectivity index is 1.37. The lowest BCUT2D eigenvalue weighted by Crippen LogP contribution is -2.29. The van der Waals surface area contributed by atoms with Gasteiger partial charge in [0, 0.05) is 24.7 Å². The molecule has 0 unspecified atom stereocenters. The van der Waals surface area contributed by atoms with E-state index in [1.807, 2.05) is 0 Å². The third-order valence-corrected chi connectivity index (χ3v) is 7.11. The Bertz CT molecular complexity index is 1570. The number of halogens is 1. The first-order valence-corrected chi connectivity index (χ1v) is 12.9. The Labute approximate surface area is 217 Å². The molecule has 13 heteroatoms. The number of carboxylic acid groups (broad SMARTS) is 1. The number of carboxylic acids is 1. The minimum Gasteiger partial charge on any atom is -0.475 e. The summed E-state index contributed by atoms with van der Waals surface area (Å²) in [7, 11) is -2.44. The molecule has 0 aliphatic carbocycles. The molecular weight excluding hydrogens is 517 g/mol. The van der Waals surface area contributed by atoms with Gasteiger partial charge in [0.05, 0.1) is 36.1 Å². The van der Waals surface area contributed by atoms with Crippen LogP contribution in [0.4, 0.5) is 4.39 Å². The highest BCUT2D eigenvalue weighted by molar-refractivity contribution is 7.89. The van der Waals surface area contributed by atoms with Crippen LogP contribution in [0.5, 0.6) is 0 Å². The lowest BCUT2D eigenvalue weighted by Gasteiger charge is -2.18. The number of aromatic carboxylic acids is 1. The minimum absolute atomic E-state index is 0.0759. The van der Waals surface area contributed by atoms with E-state index in [-0.39, 0.29) is 41.7 Å². The molecule has 2 aromatic carbocycles. The summed E-state index contributed by atoms with van der Waals surface area (Å²) in [5.74, 6) is -2.18. The monoisotopic (exact) mass is 541 g/mol. The first-order valence-electron chi connectivity index (χ1n) is 11.4. The highest BCUT2D eigenvalue weighted by Gasteiger charge is 2.19. The van der Waals surface area contributed by atoms with Gasteiger partial charge in [0.2, 0.25) is 15.8 Å². The number of furan rings is 1. The molecule has 0 fully saturated rings. The lowest BCUT2D eigenvalue weighted by atomic mass is 10.1. The molecular formula is C25H24FN5O6S. The molecule has 2 N–H and O–H groups in total. The fourth-order valence-electron chi connectivity index (χ4n) is 3.68. The fraction of sp³-hybridized carbons (Fsp3) is 0.200. The second-order valence-corrected chi connectivity index (χ2v) is 10.2. The molecule has 198 valence electrons. The summed E-state index contributed by atoms with van der Waals surface area (Å²) in [5.41, 5.74) is 1.34. The summed E-state index contributed by atoms with van der Waals surface area (Å²) in [6.07, 6.45) is 3.05. The maximum atomic E-state index is 13.9. The molecule has 2 heterocycles. The fourth-order valence-corrected chi connectivity index (χ4v) is 4.72. The van der Waals surface area contributed by atoms with Gasteiger partial charge >= 0.3 is 5.97 Å². The van der Waals surface area contributed by atoms with Crippen molar-refractivity contribution in [3.8, 4) is 0 Å². The molecule has 0 atom stereocenters. The van der Waals surface area contributed by atoms with Crippen molar-refractivity contribution in [2.75, 3.05) is 13.6 Å². The van der Waals surface area contributed by atoms with E-state index in [1.165, 1.54) is 58.4 Å². The zero-order valence-electron chi connectivity index (χ0n) is 20.2. The Morgan fingerprint density at radius 3 is 2.68 bits per heavy atom. The molecule has 0 aliphatic heterocycles. The van der Waals surface area contributed by atoms with Crippen LogP contribution < -0.4 is 4.72 Å². The van der Waals surface area contributed by atoms with Crippen LogP contribution in [0.25, 0.3) is 0 Å². The zero-order valence-corrected chi connectivity index (χ0v) is 21.1. The molecule has 38 heavy (non-hydrogen) atoms. The van der Waals surface area contributed by atoms with Crippen molar-refractivity contribution in [3.05, 3.63) is 101 Å². The number of carbonyl (C=O) groups is 2. The number of rotatable bonds is 11. The van der Waals surface area contributed by atoms with Crippen LogP contribution in [0.15, 0.2) is 76.4 Å². The summed E-state index contributed by atoms with van der Waals surface area (Å²) in [6, 6.07) is 13.4. The SMILES string of the molecule is CN(CCc1ccccc1F)C(=O)c1cccc(S(=O)(=O)NCc2cn(Cc3ccoc3C(=O)O)nn2)c1. The van der Waals surface area contributed by atoms with E-state index in [0.29, 0.717) is 23.2 Å². The van der Waals surface area contributed by atoms with Crippen LogP contribution in [0.3, 0.4) is 0 Å². The summed E-state index contributed by atoms with van der Waals surface area (Å²) < 4.78 is 48.3. The van der Waals surface area contributed by atoms with Gasteiger partial charge < -0.3 is 14.4 Å². The third kappa shape index (κ3) is 6.30. The molecule has 1 amide bonds. The molecule has 4 aromatic rings. The van der Waals surface area contributed by atoms with Crippen molar-refractivity contribution in [2.24, 2.45) is 0 Å². The highest BCUT2D eigenvalue weighted by Crippen LogP contribution is 2.15. The van der Waals surface area contributed by atoms with Crippen molar-refractivity contribution in [1.82, 2.24) is 24.6 Å². The predicted octanol–water partition coefficient (Wildman–Crippen LogP) is 2.55. The molecule has 4 rings (SSSR count). The van der Waals surface area contributed by atoms with E-state index in [0.717, 1.165) is 0 Å². The van der Waals surface area contributed by atoms with Crippen molar-refractivity contribution >= 4 is 21.9 Å². The van der Waals surface area contributed by atoms with Crippen LogP contribution in [-0.2, 0) is 29.5 Å². The largest absolute Gasteiger partial charge is 0.475 e. The van der Waals surface area contributed by atoms with Gasteiger partial charge in [-0.15, -0.1) is 5.10 Å². The van der Waals surface area contributed by atoms with Crippen molar-refractivity contribution in [1.29, 1.82) is 0 Å². The third-order valence-electron chi connectivity index (χ3n) is 5.72. The molecule has 2 aromatic heterocycles. The maximum Gasteiger partial charge on any atom is 0.372 e.